The summed E-state index contributed by atoms with van der Waals surface area (Å²) >= 11 is 0. The number of hydroxylamine groups is 4. The Morgan fingerprint density at radius 2 is 0.923 bits per heavy atom. The molecular weight excluding hydrogens is 354 g/mol. The minimum Gasteiger partial charge on any atom is -1.00 e. The molecule has 8 heteroatoms. The van der Waals surface area contributed by atoms with E-state index in [2.05, 4.69) is 0 Å². The second-order valence-electron chi connectivity index (χ2n) is 9.97. The maximum atomic E-state index is 11.4. The molecular formula is C18H38N2Na2O4. The van der Waals surface area contributed by atoms with Gasteiger partial charge < -0.3 is 22.1 Å². The van der Waals surface area contributed by atoms with Crippen molar-refractivity contribution < 1.29 is 81.2 Å². The van der Waals surface area contributed by atoms with Crippen LogP contribution in [0.2, 0.25) is 0 Å². The first kappa shape index (κ1) is 30.0. The fourth-order valence-corrected chi connectivity index (χ4v) is 4.40. The largest absolute Gasteiger partial charge is 1.00 e. The van der Waals surface area contributed by atoms with Gasteiger partial charge in [-0.05, 0) is 81.1 Å². The molecule has 2 saturated heterocycles. The van der Waals surface area contributed by atoms with Crippen LogP contribution in [0.1, 0.15) is 82.5 Å². The van der Waals surface area contributed by atoms with Crippen molar-refractivity contribution in [1.82, 2.24) is 10.1 Å². The average Bonchev–Trinajstić information content (AvgIpc) is 2.31. The van der Waals surface area contributed by atoms with Gasteiger partial charge in [0.25, 0.3) is 0 Å². The van der Waals surface area contributed by atoms with Crippen LogP contribution in [0.4, 0.5) is 0 Å². The number of hydrogen-bond acceptors (Lipinski definition) is 6. The summed E-state index contributed by atoms with van der Waals surface area (Å²) in [6.07, 6.45) is 1.47. The van der Waals surface area contributed by atoms with Crippen molar-refractivity contribution in [2.75, 3.05) is 0 Å². The van der Waals surface area contributed by atoms with Crippen LogP contribution < -0.4 is 64.2 Å². The Labute approximate surface area is 205 Å². The van der Waals surface area contributed by atoms with Crippen molar-refractivity contribution in [3.63, 3.8) is 0 Å². The van der Waals surface area contributed by atoms with Gasteiger partial charge in [-0.2, -0.15) is 10.1 Å². The first-order chi connectivity index (χ1) is 10.5. The average molecular weight is 392 g/mol. The van der Waals surface area contributed by atoms with Crippen LogP contribution in [0.3, 0.4) is 0 Å². The Morgan fingerprint density at radius 1 is 0.692 bits per heavy atom. The minimum atomic E-state index is -0.543. The molecule has 0 saturated carbocycles. The second-order valence-corrected chi connectivity index (χ2v) is 9.97. The third kappa shape index (κ3) is 7.54. The molecule has 2 heterocycles. The Balaban J connectivity index is -0.000000384. The summed E-state index contributed by atoms with van der Waals surface area (Å²) in [7, 11) is 0. The van der Waals surface area contributed by atoms with E-state index >= 15 is 0 Å². The molecule has 2 aliphatic heterocycles. The van der Waals surface area contributed by atoms with Crippen LogP contribution in [0.25, 0.3) is 0 Å². The van der Waals surface area contributed by atoms with Crippen LogP contribution >= 0.6 is 0 Å². The predicted molar refractivity (Wildman–Crippen MR) is 92.9 cm³/mol. The Kier molecular flexibility index (Phi) is 11.7. The number of rotatable bonds is 0. The molecule has 0 aromatic heterocycles. The molecule has 0 radical (unpaired) electrons. The van der Waals surface area contributed by atoms with Gasteiger partial charge in [0.05, 0.1) is 6.10 Å². The third-order valence-electron chi connectivity index (χ3n) is 5.22. The maximum Gasteiger partial charge on any atom is 1.00 e. The van der Waals surface area contributed by atoms with Gasteiger partial charge in [0.15, 0.2) is 0 Å². The van der Waals surface area contributed by atoms with Gasteiger partial charge in [-0.25, -0.2) is 0 Å². The minimum absolute atomic E-state index is 0. The summed E-state index contributed by atoms with van der Waals surface area (Å²) in [5.74, 6) is 0. The number of piperidine rings is 2. The van der Waals surface area contributed by atoms with E-state index in [4.69, 9.17) is 0 Å². The molecule has 146 valence electrons. The molecule has 0 aromatic rings. The first-order valence-electron chi connectivity index (χ1n) is 8.84. The van der Waals surface area contributed by atoms with Gasteiger partial charge in [-0.15, -0.1) is 6.10 Å². The predicted octanol–water partition coefficient (Wildman–Crippen LogP) is -3.73. The van der Waals surface area contributed by atoms with Gasteiger partial charge in [-0.3, -0.25) is 0 Å². The first-order valence-corrected chi connectivity index (χ1v) is 8.84. The van der Waals surface area contributed by atoms with Crippen molar-refractivity contribution in [3.05, 3.63) is 0 Å². The molecule has 2 fully saturated rings. The number of hydrogen-bond donors (Lipinski definition) is 3. The fraction of sp³-hybridized carbons (Fsp3) is 1.00. The van der Waals surface area contributed by atoms with E-state index in [0.717, 1.165) is 0 Å². The van der Waals surface area contributed by atoms with Crippen molar-refractivity contribution in [3.8, 4) is 0 Å². The maximum absolute atomic E-state index is 11.4. The van der Waals surface area contributed by atoms with Crippen LogP contribution in [-0.2, 0) is 0 Å². The van der Waals surface area contributed by atoms with E-state index in [0.29, 0.717) is 25.7 Å². The fourth-order valence-electron chi connectivity index (χ4n) is 4.40. The van der Waals surface area contributed by atoms with Crippen LogP contribution in [0, 0.1) is 0 Å². The Morgan fingerprint density at radius 3 is 1.19 bits per heavy atom. The smallest absolute Gasteiger partial charge is 1.00 e. The molecule has 6 nitrogen and oxygen atoms in total. The monoisotopic (exact) mass is 392 g/mol. The van der Waals surface area contributed by atoms with E-state index < -0.39 is 6.10 Å². The summed E-state index contributed by atoms with van der Waals surface area (Å²) in [5, 5.41) is 43.2. The molecule has 2 rings (SSSR count). The van der Waals surface area contributed by atoms with Gasteiger partial charge >= 0.3 is 59.1 Å². The molecule has 0 amide bonds. The molecule has 26 heavy (non-hydrogen) atoms. The van der Waals surface area contributed by atoms with E-state index in [-0.39, 0.29) is 88.8 Å². The van der Waals surface area contributed by atoms with Crippen molar-refractivity contribution in [1.29, 1.82) is 0 Å². The summed E-state index contributed by atoms with van der Waals surface area (Å²) in [6.45, 7) is 15.4. The van der Waals surface area contributed by atoms with Crippen LogP contribution in [0.15, 0.2) is 0 Å². The summed E-state index contributed by atoms with van der Waals surface area (Å²) in [5.41, 5.74) is -1.40. The van der Waals surface area contributed by atoms with E-state index in [1.807, 2.05) is 55.4 Å². The zero-order valence-electron chi connectivity index (χ0n) is 19.6. The summed E-state index contributed by atoms with van der Waals surface area (Å²) < 4.78 is 0. The normalized spacial score (nSPS) is 28.2. The van der Waals surface area contributed by atoms with Crippen molar-refractivity contribution >= 4 is 0 Å². The SMILES string of the molecule is CC1(C)CC(O)CC(C)(C)N1O.CC1(C)CC([O-])CC(C)(C)N1O.[H-].[Na+].[Na+]. The van der Waals surface area contributed by atoms with Crippen molar-refractivity contribution in [2.45, 2.75) is 115 Å². The summed E-state index contributed by atoms with van der Waals surface area (Å²) in [6, 6.07) is 0. The third-order valence-corrected chi connectivity index (χ3v) is 5.22. The second kappa shape index (κ2) is 10.2. The molecule has 0 aromatic carbocycles. The van der Waals surface area contributed by atoms with Crippen LogP contribution in [-0.4, -0.2) is 60.0 Å². The standard InChI is InChI=1S/C9H19NO2.C9H18NO2.2Na.H/c2*1-8(2)5-7(11)6-9(3,4)10(8)12;;;/h7,11-12H,5-6H2,1-4H3;7,12H,5-6H2,1-4H3;;;/q;-1;2*+1;-1. The molecule has 3 N–H and O–H groups in total. The topological polar surface area (TPSA) is 90.2 Å². The zero-order valence-corrected chi connectivity index (χ0v) is 22.6. The molecule has 2 aliphatic rings. The number of aliphatic hydroxyl groups is 1. The summed E-state index contributed by atoms with van der Waals surface area (Å²) in [4.78, 5) is 0. The molecule has 0 spiro atoms. The van der Waals surface area contributed by atoms with Gasteiger partial charge in [-0.1, -0.05) is 0 Å². The van der Waals surface area contributed by atoms with E-state index in [1.54, 1.807) is 0 Å². The Bertz CT molecular complexity index is 375. The quantitative estimate of drug-likeness (QED) is 0.367. The van der Waals surface area contributed by atoms with Gasteiger partial charge in [0.1, 0.15) is 0 Å². The Hall–Kier alpha value is 1.76. The van der Waals surface area contributed by atoms with Crippen molar-refractivity contribution in [2.24, 2.45) is 0 Å². The molecule has 0 bridgehead atoms. The molecule has 0 atom stereocenters. The zero-order chi connectivity index (χ0) is 19.1. The number of aliphatic hydroxyl groups excluding tert-OH is 1. The molecule has 0 aliphatic carbocycles. The van der Waals surface area contributed by atoms with E-state index in [1.165, 1.54) is 10.1 Å². The van der Waals surface area contributed by atoms with Gasteiger partial charge in [0, 0.05) is 22.2 Å². The van der Waals surface area contributed by atoms with E-state index in [9.17, 15) is 20.6 Å². The van der Waals surface area contributed by atoms with Gasteiger partial charge in [0.2, 0.25) is 0 Å². The van der Waals surface area contributed by atoms with Crippen LogP contribution in [0.5, 0.6) is 0 Å². The molecule has 0 unspecified atom stereocenters. The number of nitrogens with zero attached hydrogens (tertiary/aromatic N) is 2.